The first-order valence-corrected chi connectivity index (χ1v) is 4.62. The molecular formula is C10H18O. The third kappa shape index (κ3) is 1.47. The fraction of sp³-hybridized carbons (Fsp3) is 0.900. The Kier molecular flexibility index (Phi) is 2.36. The lowest BCUT2D eigenvalue weighted by Gasteiger charge is -2.42. The minimum Gasteiger partial charge on any atom is -0.299 e. The summed E-state index contributed by atoms with van der Waals surface area (Å²) in [7, 11) is 0. The van der Waals surface area contributed by atoms with Crippen LogP contribution in [0.2, 0.25) is 0 Å². The molecule has 0 aliphatic heterocycles. The molecule has 1 nitrogen and oxygen atoms in total. The van der Waals surface area contributed by atoms with Gasteiger partial charge in [-0.05, 0) is 12.3 Å². The van der Waals surface area contributed by atoms with E-state index in [-0.39, 0.29) is 5.41 Å². The average Bonchev–Trinajstić information content (AvgIpc) is 1.97. The second-order valence-corrected chi connectivity index (χ2v) is 4.19. The molecular weight excluding hydrogens is 136 g/mol. The minimum atomic E-state index is 0.00910. The van der Waals surface area contributed by atoms with Gasteiger partial charge in [0, 0.05) is 11.8 Å². The summed E-state index contributed by atoms with van der Waals surface area (Å²) in [6.07, 6.45) is 4.62. The second kappa shape index (κ2) is 2.96. The Morgan fingerprint density at radius 1 is 1.55 bits per heavy atom. The molecule has 0 radical (unpaired) electrons. The van der Waals surface area contributed by atoms with Gasteiger partial charge in [0.1, 0.15) is 5.78 Å². The van der Waals surface area contributed by atoms with E-state index in [4.69, 9.17) is 0 Å². The van der Waals surface area contributed by atoms with Crippen LogP contribution in [-0.4, -0.2) is 5.78 Å². The Morgan fingerprint density at radius 2 is 2.18 bits per heavy atom. The summed E-state index contributed by atoms with van der Waals surface area (Å²) in [6.45, 7) is 6.37. The standard InChI is InChI=1S/C10H18O/c1-4-5-6-8-7-9(11)10(8,2)3/h8H,4-7H2,1-3H3. The summed E-state index contributed by atoms with van der Waals surface area (Å²) in [5.41, 5.74) is 0.00910. The zero-order valence-corrected chi connectivity index (χ0v) is 7.81. The maximum atomic E-state index is 11.1. The molecule has 11 heavy (non-hydrogen) atoms. The van der Waals surface area contributed by atoms with Crippen LogP contribution in [0.15, 0.2) is 0 Å². The summed E-state index contributed by atoms with van der Waals surface area (Å²) < 4.78 is 0. The zero-order valence-electron chi connectivity index (χ0n) is 7.81. The van der Waals surface area contributed by atoms with Crippen LogP contribution in [0.4, 0.5) is 0 Å². The number of carbonyl (C=O) groups excluding carboxylic acids is 1. The highest BCUT2D eigenvalue weighted by Gasteiger charge is 2.46. The lowest BCUT2D eigenvalue weighted by Crippen LogP contribution is -2.45. The van der Waals surface area contributed by atoms with Crippen LogP contribution in [0, 0.1) is 11.3 Å². The first-order chi connectivity index (χ1) is 5.09. The quantitative estimate of drug-likeness (QED) is 0.611. The van der Waals surface area contributed by atoms with Crippen molar-refractivity contribution in [1.29, 1.82) is 0 Å². The molecule has 64 valence electrons. The topological polar surface area (TPSA) is 17.1 Å². The van der Waals surface area contributed by atoms with Gasteiger partial charge < -0.3 is 0 Å². The van der Waals surface area contributed by atoms with Gasteiger partial charge in [0.05, 0.1) is 0 Å². The molecule has 1 heteroatoms. The van der Waals surface area contributed by atoms with Crippen LogP contribution in [0.5, 0.6) is 0 Å². The fourth-order valence-electron chi connectivity index (χ4n) is 1.75. The van der Waals surface area contributed by atoms with Crippen LogP contribution >= 0.6 is 0 Å². The first-order valence-electron chi connectivity index (χ1n) is 4.62. The van der Waals surface area contributed by atoms with Crippen molar-refractivity contribution in [2.45, 2.75) is 46.5 Å². The monoisotopic (exact) mass is 154 g/mol. The van der Waals surface area contributed by atoms with Gasteiger partial charge in [-0.3, -0.25) is 4.79 Å². The van der Waals surface area contributed by atoms with Crippen molar-refractivity contribution in [2.24, 2.45) is 11.3 Å². The highest BCUT2D eigenvalue weighted by Crippen LogP contribution is 2.45. The number of carbonyl (C=O) groups is 1. The van der Waals surface area contributed by atoms with Crippen molar-refractivity contribution in [2.75, 3.05) is 0 Å². The Balaban J connectivity index is 2.34. The summed E-state index contributed by atoms with van der Waals surface area (Å²) >= 11 is 0. The van der Waals surface area contributed by atoms with Gasteiger partial charge in [-0.1, -0.05) is 33.6 Å². The summed E-state index contributed by atoms with van der Waals surface area (Å²) in [5, 5.41) is 0. The van der Waals surface area contributed by atoms with Gasteiger partial charge in [0.25, 0.3) is 0 Å². The maximum absolute atomic E-state index is 11.1. The van der Waals surface area contributed by atoms with Crippen molar-refractivity contribution < 1.29 is 4.79 Å². The predicted octanol–water partition coefficient (Wildman–Crippen LogP) is 2.79. The molecule has 0 saturated heterocycles. The van der Waals surface area contributed by atoms with E-state index in [1.165, 1.54) is 19.3 Å². The van der Waals surface area contributed by atoms with E-state index in [0.717, 1.165) is 6.42 Å². The SMILES string of the molecule is CCCCC1CC(=O)C1(C)C. The third-order valence-electron chi connectivity index (χ3n) is 3.08. The fourth-order valence-corrected chi connectivity index (χ4v) is 1.75. The van der Waals surface area contributed by atoms with Crippen molar-refractivity contribution in [3.05, 3.63) is 0 Å². The van der Waals surface area contributed by atoms with E-state index in [9.17, 15) is 4.79 Å². The number of hydrogen-bond acceptors (Lipinski definition) is 1. The molecule has 0 spiro atoms. The average molecular weight is 154 g/mol. The summed E-state index contributed by atoms with van der Waals surface area (Å²) in [4.78, 5) is 11.1. The smallest absolute Gasteiger partial charge is 0.139 e. The number of ketones is 1. The molecule has 1 aliphatic carbocycles. The van der Waals surface area contributed by atoms with E-state index < -0.39 is 0 Å². The number of rotatable bonds is 3. The van der Waals surface area contributed by atoms with Gasteiger partial charge in [-0.25, -0.2) is 0 Å². The van der Waals surface area contributed by atoms with E-state index in [0.29, 0.717) is 11.7 Å². The number of unbranched alkanes of at least 4 members (excludes halogenated alkanes) is 1. The molecule has 1 aliphatic rings. The van der Waals surface area contributed by atoms with Crippen LogP contribution in [0.25, 0.3) is 0 Å². The van der Waals surface area contributed by atoms with E-state index in [1.807, 2.05) is 0 Å². The van der Waals surface area contributed by atoms with Gasteiger partial charge in [0.2, 0.25) is 0 Å². The van der Waals surface area contributed by atoms with Crippen LogP contribution in [-0.2, 0) is 4.79 Å². The Hall–Kier alpha value is -0.330. The molecule has 1 atom stereocenters. The zero-order chi connectivity index (χ0) is 8.48. The lowest BCUT2D eigenvalue weighted by molar-refractivity contribution is -0.143. The van der Waals surface area contributed by atoms with Gasteiger partial charge >= 0.3 is 0 Å². The molecule has 0 aromatic rings. The van der Waals surface area contributed by atoms with Crippen LogP contribution in [0.1, 0.15) is 46.5 Å². The molecule has 1 unspecified atom stereocenters. The number of Topliss-reactive ketones (excluding diaryl/α,β-unsaturated/α-hetero) is 1. The molecule has 0 bridgehead atoms. The highest BCUT2D eigenvalue weighted by molar-refractivity contribution is 5.90. The number of hydrogen-bond donors (Lipinski definition) is 0. The van der Waals surface area contributed by atoms with E-state index in [1.54, 1.807) is 0 Å². The Bertz CT molecular complexity index is 158. The van der Waals surface area contributed by atoms with E-state index >= 15 is 0 Å². The Labute approximate surface area is 69.2 Å². The Morgan fingerprint density at radius 3 is 2.55 bits per heavy atom. The lowest BCUT2D eigenvalue weighted by atomic mass is 9.60. The van der Waals surface area contributed by atoms with Gasteiger partial charge in [-0.2, -0.15) is 0 Å². The molecule has 1 rings (SSSR count). The molecule has 0 N–H and O–H groups in total. The van der Waals surface area contributed by atoms with Crippen LogP contribution in [0.3, 0.4) is 0 Å². The first kappa shape index (κ1) is 8.76. The molecule has 0 aromatic carbocycles. The van der Waals surface area contributed by atoms with Crippen LogP contribution < -0.4 is 0 Å². The largest absolute Gasteiger partial charge is 0.299 e. The van der Waals surface area contributed by atoms with Crippen molar-refractivity contribution in [3.8, 4) is 0 Å². The maximum Gasteiger partial charge on any atom is 0.139 e. The molecule has 0 aromatic heterocycles. The minimum absolute atomic E-state index is 0.00910. The van der Waals surface area contributed by atoms with Crippen molar-refractivity contribution in [3.63, 3.8) is 0 Å². The molecule has 1 saturated carbocycles. The van der Waals surface area contributed by atoms with E-state index in [2.05, 4.69) is 20.8 Å². The normalized spacial score (nSPS) is 28.3. The van der Waals surface area contributed by atoms with Gasteiger partial charge in [-0.15, -0.1) is 0 Å². The summed E-state index contributed by atoms with van der Waals surface area (Å²) in [6, 6.07) is 0. The third-order valence-corrected chi connectivity index (χ3v) is 3.08. The van der Waals surface area contributed by atoms with Crippen molar-refractivity contribution >= 4 is 5.78 Å². The molecule has 1 fully saturated rings. The second-order valence-electron chi connectivity index (χ2n) is 4.19. The predicted molar refractivity (Wildman–Crippen MR) is 46.4 cm³/mol. The molecule has 0 heterocycles. The molecule has 0 amide bonds. The van der Waals surface area contributed by atoms with Gasteiger partial charge in [0.15, 0.2) is 0 Å². The van der Waals surface area contributed by atoms with Crippen molar-refractivity contribution in [1.82, 2.24) is 0 Å². The highest BCUT2D eigenvalue weighted by atomic mass is 16.1. The summed E-state index contributed by atoms with van der Waals surface area (Å²) in [5.74, 6) is 1.13.